The fourth-order valence-corrected chi connectivity index (χ4v) is 5.50. The van der Waals surface area contributed by atoms with E-state index in [1.807, 2.05) is 42.5 Å². The summed E-state index contributed by atoms with van der Waals surface area (Å²) in [7, 11) is 4.92. The van der Waals surface area contributed by atoms with Crippen LogP contribution in [0.2, 0.25) is 0 Å². The molecule has 0 bridgehead atoms. The van der Waals surface area contributed by atoms with Gasteiger partial charge in [-0.3, -0.25) is 9.59 Å². The Labute approximate surface area is 199 Å². The molecule has 2 aromatic rings. The summed E-state index contributed by atoms with van der Waals surface area (Å²) in [6.45, 7) is 2.20. The number of anilines is 1. The summed E-state index contributed by atoms with van der Waals surface area (Å²) in [6, 6.07) is 11.3. The van der Waals surface area contributed by atoms with Crippen LogP contribution < -0.4 is 19.7 Å². The summed E-state index contributed by atoms with van der Waals surface area (Å²) in [5, 5.41) is 3.20. The predicted molar refractivity (Wildman–Crippen MR) is 132 cm³/mol. The van der Waals surface area contributed by atoms with Crippen molar-refractivity contribution in [2.24, 2.45) is 5.92 Å². The molecule has 0 spiro atoms. The van der Waals surface area contributed by atoms with Gasteiger partial charge in [0.25, 0.3) is 11.8 Å². The Hall–Kier alpha value is -2.93. The van der Waals surface area contributed by atoms with Crippen molar-refractivity contribution in [3.05, 3.63) is 52.4 Å². The molecule has 2 aliphatic rings. The molecule has 1 fully saturated rings. The Balaban J connectivity index is 1.56. The topological polar surface area (TPSA) is 67.9 Å². The van der Waals surface area contributed by atoms with Gasteiger partial charge < -0.3 is 19.7 Å². The molecule has 33 heavy (non-hydrogen) atoms. The Morgan fingerprint density at radius 2 is 1.85 bits per heavy atom. The molecular weight excluding hydrogens is 436 g/mol. The molecule has 1 N–H and O–H groups in total. The molecule has 7 heteroatoms. The highest BCUT2D eigenvalue weighted by atomic mass is 32.2. The van der Waals surface area contributed by atoms with Gasteiger partial charge in [0.2, 0.25) is 0 Å². The van der Waals surface area contributed by atoms with E-state index in [4.69, 9.17) is 9.47 Å². The third-order valence-electron chi connectivity index (χ3n) is 6.45. The van der Waals surface area contributed by atoms with E-state index in [2.05, 4.69) is 12.2 Å². The number of hydrogen-bond acceptors (Lipinski definition) is 5. The van der Waals surface area contributed by atoms with Gasteiger partial charge in [-0.1, -0.05) is 37.6 Å². The second-order valence-electron chi connectivity index (χ2n) is 8.61. The maximum atomic E-state index is 13.1. The smallest absolute Gasteiger partial charge is 0.264 e. The molecule has 0 radical (unpaired) electrons. The van der Waals surface area contributed by atoms with E-state index in [1.54, 1.807) is 26.2 Å². The average molecular weight is 467 g/mol. The number of thioether (sulfide) groups is 1. The lowest BCUT2D eigenvalue weighted by atomic mass is 9.86. The maximum Gasteiger partial charge on any atom is 0.264 e. The molecule has 1 saturated carbocycles. The van der Waals surface area contributed by atoms with Gasteiger partial charge in [0.05, 0.1) is 24.8 Å². The van der Waals surface area contributed by atoms with Gasteiger partial charge in [0.1, 0.15) is 0 Å². The van der Waals surface area contributed by atoms with Crippen molar-refractivity contribution in [1.82, 2.24) is 5.32 Å². The van der Waals surface area contributed by atoms with Crippen LogP contribution in [-0.2, 0) is 4.79 Å². The zero-order valence-electron chi connectivity index (χ0n) is 19.5. The summed E-state index contributed by atoms with van der Waals surface area (Å²) in [4.78, 5) is 29.1. The van der Waals surface area contributed by atoms with Gasteiger partial charge in [-0.2, -0.15) is 0 Å². The fourth-order valence-electron chi connectivity index (χ4n) is 4.41. The molecule has 4 rings (SSSR count). The number of carbonyl (C=O) groups excluding carboxylic acids is 2. The summed E-state index contributed by atoms with van der Waals surface area (Å²) in [6.07, 6.45) is 6.41. The Bertz CT molecular complexity index is 1100. The highest BCUT2D eigenvalue weighted by Crippen LogP contribution is 2.42. The molecule has 1 aliphatic heterocycles. The third kappa shape index (κ3) is 4.88. The van der Waals surface area contributed by atoms with Crippen LogP contribution in [0.15, 0.2) is 46.2 Å². The molecule has 1 aliphatic carbocycles. The number of carbonyl (C=O) groups is 2. The molecule has 0 saturated heterocycles. The second-order valence-corrected chi connectivity index (χ2v) is 9.70. The van der Waals surface area contributed by atoms with Crippen LogP contribution in [0, 0.1) is 5.92 Å². The number of likely N-dealkylation sites (N-methyl/N-ethyl adjacent to an activating group) is 1. The first kappa shape index (κ1) is 23.2. The van der Waals surface area contributed by atoms with Gasteiger partial charge in [-0.15, -0.1) is 0 Å². The van der Waals surface area contributed by atoms with Gasteiger partial charge in [0.15, 0.2) is 11.5 Å². The quantitative estimate of drug-likeness (QED) is 0.620. The van der Waals surface area contributed by atoms with E-state index in [0.29, 0.717) is 27.9 Å². The zero-order valence-corrected chi connectivity index (χ0v) is 20.3. The number of fused-ring (bicyclic) bond motifs is 1. The number of nitrogens with zero attached hydrogens (tertiary/aromatic N) is 1. The number of benzene rings is 2. The van der Waals surface area contributed by atoms with E-state index in [9.17, 15) is 9.59 Å². The Morgan fingerprint density at radius 1 is 1.09 bits per heavy atom. The molecule has 1 heterocycles. The lowest BCUT2D eigenvalue weighted by Crippen LogP contribution is -2.41. The number of amides is 2. The van der Waals surface area contributed by atoms with E-state index < -0.39 is 0 Å². The van der Waals surface area contributed by atoms with E-state index >= 15 is 0 Å². The normalized spacial score (nSPS) is 21.5. The molecule has 2 amide bonds. The molecule has 2 atom stereocenters. The molecule has 0 aromatic heterocycles. The third-order valence-corrected chi connectivity index (χ3v) is 7.53. The minimum absolute atomic E-state index is 0.0749. The minimum Gasteiger partial charge on any atom is -0.493 e. The first-order valence-electron chi connectivity index (χ1n) is 11.3. The molecule has 2 unspecified atom stereocenters. The summed E-state index contributed by atoms with van der Waals surface area (Å²) in [5.74, 6) is 1.55. The van der Waals surface area contributed by atoms with Crippen LogP contribution >= 0.6 is 11.8 Å². The highest BCUT2D eigenvalue weighted by molar-refractivity contribution is 8.04. The molecule has 6 nitrogen and oxygen atoms in total. The summed E-state index contributed by atoms with van der Waals surface area (Å²) in [5.41, 5.74) is 2.18. The predicted octanol–water partition coefficient (Wildman–Crippen LogP) is 5.12. The van der Waals surface area contributed by atoms with E-state index in [0.717, 1.165) is 35.4 Å². The SMILES string of the molecule is COc1ccc(/C=C2\Sc3ccc(C(=O)NC4CCCCC4C)cc3N(C)C2=O)cc1OC. The lowest BCUT2D eigenvalue weighted by Gasteiger charge is -2.30. The number of ether oxygens (including phenoxy) is 2. The van der Waals surface area contributed by atoms with Crippen molar-refractivity contribution in [1.29, 1.82) is 0 Å². The van der Waals surface area contributed by atoms with Crippen LogP contribution in [0.1, 0.15) is 48.5 Å². The van der Waals surface area contributed by atoms with Crippen LogP contribution in [0.5, 0.6) is 11.5 Å². The molecule has 174 valence electrons. The van der Waals surface area contributed by atoms with Crippen molar-refractivity contribution in [3.63, 3.8) is 0 Å². The van der Waals surface area contributed by atoms with Crippen molar-refractivity contribution in [2.75, 3.05) is 26.2 Å². The fraction of sp³-hybridized carbons (Fsp3) is 0.385. The van der Waals surface area contributed by atoms with Gasteiger partial charge in [-0.05, 0) is 60.7 Å². The molecular formula is C26H30N2O4S. The maximum absolute atomic E-state index is 13.1. The Kier molecular flexibility index (Phi) is 6.98. The van der Waals surface area contributed by atoms with Crippen molar-refractivity contribution in [3.8, 4) is 11.5 Å². The number of methoxy groups -OCH3 is 2. The van der Waals surface area contributed by atoms with Crippen LogP contribution in [0.25, 0.3) is 6.08 Å². The standard InChI is InChI=1S/C26H30N2O4S/c1-16-7-5-6-8-19(16)27-25(29)18-10-12-23-20(15-18)28(2)26(30)24(33-23)14-17-9-11-21(31-3)22(13-17)32-4/h9-16,19H,5-8H2,1-4H3,(H,27,29)/b24-14-. The number of nitrogens with one attached hydrogen (secondary N) is 1. The first-order chi connectivity index (χ1) is 15.9. The van der Waals surface area contributed by atoms with Crippen molar-refractivity contribution in [2.45, 2.75) is 43.5 Å². The Morgan fingerprint density at radius 3 is 2.58 bits per heavy atom. The van der Waals surface area contributed by atoms with Gasteiger partial charge in [0, 0.05) is 23.5 Å². The molecule has 2 aromatic carbocycles. The van der Waals surface area contributed by atoms with Crippen molar-refractivity contribution < 1.29 is 19.1 Å². The largest absolute Gasteiger partial charge is 0.493 e. The average Bonchev–Trinajstić information content (AvgIpc) is 2.83. The van der Waals surface area contributed by atoms with Crippen LogP contribution in [-0.4, -0.2) is 39.1 Å². The minimum atomic E-state index is -0.110. The van der Waals surface area contributed by atoms with Gasteiger partial charge in [-0.25, -0.2) is 0 Å². The van der Waals surface area contributed by atoms with E-state index in [1.165, 1.54) is 18.2 Å². The monoisotopic (exact) mass is 466 g/mol. The van der Waals surface area contributed by atoms with Crippen molar-refractivity contribution >= 4 is 35.3 Å². The highest BCUT2D eigenvalue weighted by Gasteiger charge is 2.28. The lowest BCUT2D eigenvalue weighted by molar-refractivity contribution is -0.114. The summed E-state index contributed by atoms with van der Waals surface area (Å²) < 4.78 is 10.7. The number of hydrogen-bond donors (Lipinski definition) is 1. The zero-order chi connectivity index (χ0) is 23.5. The second kappa shape index (κ2) is 9.91. The van der Waals surface area contributed by atoms with E-state index in [-0.39, 0.29) is 17.9 Å². The summed E-state index contributed by atoms with van der Waals surface area (Å²) >= 11 is 1.41. The van der Waals surface area contributed by atoms with Gasteiger partial charge >= 0.3 is 0 Å². The van der Waals surface area contributed by atoms with Crippen LogP contribution in [0.4, 0.5) is 5.69 Å². The number of rotatable bonds is 5. The first-order valence-corrected chi connectivity index (χ1v) is 12.1. The van der Waals surface area contributed by atoms with Crippen LogP contribution in [0.3, 0.4) is 0 Å².